The zero-order chi connectivity index (χ0) is 17.0. The maximum Gasteiger partial charge on any atom is 0.335 e. The number of hydrogen-bond acceptors (Lipinski definition) is 5. The average Bonchev–Trinajstić information content (AvgIpc) is 2.98. The Hall–Kier alpha value is -1.85. The summed E-state index contributed by atoms with van der Waals surface area (Å²) in [4.78, 5) is 15.5. The van der Waals surface area contributed by atoms with Crippen LogP contribution in [-0.2, 0) is 19.7 Å². The van der Waals surface area contributed by atoms with Gasteiger partial charge in [0.1, 0.15) is 5.60 Å². The predicted octanol–water partition coefficient (Wildman–Crippen LogP) is 2.04. The van der Waals surface area contributed by atoms with Crippen molar-refractivity contribution < 1.29 is 14.3 Å². The molecule has 3 saturated heterocycles. The fourth-order valence-corrected chi connectivity index (χ4v) is 6.34. The molecule has 0 amide bonds. The van der Waals surface area contributed by atoms with Gasteiger partial charge in [0.25, 0.3) is 0 Å². The van der Waals surface area contributed by atoms with Gasteiger partial charge in [-0.1, -0.05) is 18.2 Å². The van der Waals surface area contributed by atoms with Crippen molar-refractivity contribution in [2.75, 3.05) is 25.5 Å². The molecule has 0 radical (unpaired) electrons. The third-order valence-electron chi connectivity index (χ3n) is 7.47. The van der Waals surface area contributed by atoms with Gasteiger partial charge in [-0.05, 0) is 37.9 Å². The molecule has 2 bridgehead atoms. The number of carbonyl (C=O) groups excluding carboxylic acids is 1. The molecule has 2 spiro atoms. The van der Waals surface area contributed by atoms with Crippen molar-refractivity contribution in [3.8, 4) is 0 Å². The first kappa shape index (κ1) is 14.3. The van der Waals surface area contributed by atoms with Gasteiger partial charge in [0.15, 0.2) is 0 Å². The van der Waals surface area contributed by atoms with Crippen LogP contribution < -0.4 is 5.32 Å². The van der Waals surface area contributed by atoms with E-state index < -0.39 is 0 Å². The first-order valence-corrected chi connectivity index (χ1v) is 9.23. The van der Waals surface area contributed by atoms with Gasteiger partial charge in [-0.25, -0.2) is 4.79 Å². The summed E-state index contributed by atoms with van der Waals surface area (Å²) in [6.45, 7) is 4.12. The third-order valence-corrected chi connectivity index (χ3v) is 7.47. The molecule has 130 valence electrons. The Morgan fingerprint density at radius 1 is 1.40 bits per heavy atom. The molecule has 1 N–H and O–H groups in total. The lowest BCUT2D eigenvalue weighted by Crippen LogP contribution is -2.59. The number of benzene rings is 1. The van der Waals surface area contributed by atoms with Gasteiger partial charge in [0.05, 0.1) is 24.2 Å². The highest BCUT2D eigenvalue weighted by Gasteiger charge is 2.72. The number of nitrogens with one attached hydrogen (secondary N) is 1. The van der Waals surface area contributed by atoms with Crippen LogP contribution in [0, 0.1) is 5.92 Å². The summed E-state index contributed by atoms with van der Waals surface area (Å²) in [6, 6.07) is 8.97. The second-order valence-corrected chi connectivity index (χ2v) is 8.16. The van der Waals surface area contributed by atoms with Crippen molar-refractivity contribution in [3.63, 3.8) is 0 Å². The van der Waals surface area contributed by atoms with E-state index in [0.717, 1.165) is 42.9 Å². The molecule has 5 atom stereocenters. The van der Waals surface area contributed by atoms with Crippen LogP contribution >= 0.6 is 0 Å². The van der Waals surface area contributed by atoms with E-state index in [0.29, 0.717) is 6.04 Å². The predicted molar refractivity (Wildman–Crippen MR) is 92.1 cm³/mol. The Morgan fingerprint density at radius 3 is 2.96 bits per heavy atom. The number of anilines is 1. The number of epoxide rings is 1. The molecular formula is C20H22N2O3. The highest BCUT2D eigenvalue weighted by atomic mass is 16.6. The highest BCUT2D eigenvalue weighted by Crippen LogP contribution is 2.65. The van der Waals surface area contributed by atoms with Gasteiger partial charge >= 0.3 is 5.97 Å². The minimum atomic E-state index is -0.208. The minimum Gasteiger partial charge on any atom is -0.466 e. The number of esters is 1. The first-order chi connectivity index (χ1) is 12.1. The number of nitrogens with zero attached hydrogens (tertiary/aromatic N) is 1. The van der Waals surface area contributed by atoms with Gasteiger partial charge in [-0.15, -0.1) is 0 Å². The van der Waals surface area contributed by atoms with E-state index in [1.54, 1.807) is 0 Å². The summed E-state index contributed by atoms with van der Waals surface area (Å²) in [7, 11) is 1.49. The number of para-hydroxylation sites is 1. The molecule has 1 aromatic rings. The van der Waals surface area contributed by atoms with Crippen LogP contribution in [0.15, 0.2) is 35.5 Å². The third kappa shape index (κ3) is 1.44. The van der Waals surface area contributed by atoms with Crippen LogP contribution in [0.25, 0.3) is 0 Å². The molecule has 6 rings (SSSR count). The van der Waals surface area contributed by atoms with Crippen LogP contribution in [0.4, 0.5) is 5.69 Å². The van der Waals surface area contributed by atoms with E-state index in [-0.39, 0.29) is 29.0 Å². The fourth-order valence-electron chi connectivity index (χ4n) is 6.34. The molecular weight excluding hydrogens is 316 g/mol. The number of piperidine rings is 1. The Labute approximate surface area is 147 Å². The Kier molecular flexibility index (Phi) is 2.45. The quantitative estimate of drug-likeness (QED) is 0.627. The molecule has 3 fully saturated rings. The molecule has 4 aliphatic heterocycles. The summed E-state index contributed by atoms with van der Waals surface area (Å²) >= 11 is 0. The van der Waals surface area contributed by atoms with Crippen LogP contribution in [0.5, 0.6) is 0 Å². The van der Waals surface area contributed by atoms with Crippen molar-refractivity contribution in [1.29, 1.82) is 0 Å². The van der Waals surface area contributed by atoms with Gasteiger partial charge in [0, 0.05) is 29.9 Å². The van der Waals surface area contributed by atoms with E-state index in [2.05, 4.69) is 41.4 Å². The Balaban J connectivity index is 1.65. The number of methoxy groups -OCH3 is 1. The second kappa shape index (κ2) is 4.27. The maximum atomic E-state index is 12.9. The lowest BCUT2D eigenvalue weighted by atomic mass is 9.60. The molecule has 5 aliphatic rings. The standard InChI is InChI=1S/C20H22N2O3/c1-11-20(25-11)10-22-8-7-19-12-5-3-4-6-14(12)21-17(19)16(18(23)24-2)13(20)9-15(19)22/h3-6,11,13,15,21H,7-10H2,1-2H3/t11-,13-,15+,19-,20-/m1/s1. The molecule has 1 aliphatic carbocycles. The molecule has 0 unspecified atom stereocenters. The number of hydrogen-bond donors (Lipinski definition) is 1. The largest absolute Gasteiger partial charge is 0.466 e. The van der Waals surface area contributed by atoms with Crippen LogP contribution in [0.3, 0.4) is 0 Å². The maximum absolute atomic E-state index is 12.9. The molecule has 0 aromatic heterocycles. The normalized spacial score (nSPS) is 42.9. The van der Waals surface area contributed by atoms with Crippen molar-refractivity contribution in [2.45, 2.75) is 42.9 Å². The number of carbonyl (C=O) groups is 1. The lowest BCUT2D eigenvalue weighted by Gasteiger charge is -2.50. The van der Waals surface area contributed by atoms with Crippen LogP contribution in [-0.4, -0.2) is 48.8 Å². The monoisotopic (exact) mass is 338 g/mol. The molecule has 0 saturated carbocycles. The fraction of sp³-hybridized carbons (Fsp3) is 0.550. The minimum absolute atomic E-state index is 0.0869. The summed E-state index contributed by atoms with van der Waals surface area (Å²) in [6.07, 6.45) is 2.23. The van der Waals surface area contributed by atoms with Crippen LogP contribution in [0.2, 0.25) is 0 Å². The van der Waals surface area contributed by atoms with Gasteiger partial charge < -0.3 is 14.8 Å². The highest BCUT2D eigenvalue weighted by molar-refractivity contribution is 5.94. The molecule has 4 heterocycles. The van der Waals surface area contributed by atoms with Gasteiger partial charge in [-0.3, -0.25) is 4.90 Å². The Morgan fingerprint density at radius 2 is 2.20 bits per heavy atom. The number of fused-ring (bicyclic) bond motifs is 3. The van der Waals surface area contributed by atoms with Crippen molar-refractivity contribution in [2.24, 2.45) is 5.92 Å². The van der Waals surface area contributed by atoms with Crippen molar-refractivity contribution >= 4 is 11.7 Å². The molecule has 25 heavy (non-hydrogen) atoms. The number of ether oxygens (including phenoxy) is 2. The molecule has 5 heteroatoms. The molecule has 1 aromatic carbocycles. The smallest absolute Gasteiger partial charge is 0.335 e. The van der Waals surface area contributed by atoms with Crippen LogP contribution in [0.1, 0.15) is 25.3 Å². The van der Waals surface area contributed by atoms with Gasteiger partial charge in [-0.2, -0.15) is 0 Å². The molecule has 5 nitrogen and oxygen atoms in total. The van der Waals surface area contributed by atoms with Gasteiger partial charge in [0.2, 0.25) is 0 Å². The zero-order valence-electron chi connectivity index (χ0n) is 14.5. The SMILES string of the molecule is COC(=O)C1=C2Nc3ccccc3[C@@]23CCN2C[C@]4(O[C@@H]4C)[C@@H]1C[C@H]23. The summed E-state index contributed by atoms with van der Waals surface area (Å²) < 4.78 is 11.4. The summed E-state index contributed by atoms with van der Waals surface area (Å²) in [5.41, 5.74) is 4.12. The number of rotatable bonds is 1. The summed E-state index contributed by atoms with van der Waals surface area (Å²) in [5, 5.41) is 3.63. The lowest BCUT2D eigenvalue weighted by molar-refractivity contribution is -0.138. The Bertz CT molecular complexity index is 849. The van der Waals surface area contributed by atoms with E-state index in [1.165, 1.54) is 12.7 Å². The van der Waals surface area contributed by atoms with E-state index >= 15 is 0 Å². The van der Waals surface area contributed by atoms with E-state index in [1.807, 2.05) is 0 Å². The first-order valence-electron chi connectivity index (χ1n) is 9.23. The topological polar surface area (TPSA) is 54.1 Å². The zero-order valence-corrected chi connectivity index (χ0v) is 14.5. The summed E-state index contributed by atoms with van der Waals surface area (Å²) in [5.74, 6) is -0.0696. The van der Waals surface area contributed by atoms with E-state index in [9.17, 15) is 4.79 Å². The van der Waals surface area contributed by atoms with E-state index in [4.69, 9.17) is 9.47 Å². The van der Waals surface area contributed by atoms with Crippen molar-refractivity contribution in [1.82, 2.24) is 4.90 Å². The second-order valence-electron chi connectivity index (χ2n) is 8.16. The van der Waals surface area contributed by atoms with Crippen molar-refractivity contribution in [3.05, 3.63) is 41.1 Å². The average molecular weight is 338 g/mol.